The first-order valence-electron chi connectivity index (χ1n) is 9.40. The van der Waals surface area contributed by atoms with Gasteiger partial charge in [-0.2, -0.15) is 0 Å². The molecule has 0 bridgehead atoms. The molecule has 3 aromatic heterocycles. The monoisotopic (exact) mass is 383 g/mol. The van der Waals surface area contributed by atoms with E-state index in [1.54, 1.807) is 31.0 Å². The van der Waals surface area contributed by atoms with Crippen LogP contribution in [0.1, 0.15) is 18.2 Å². The van der Waals surface area contributed by atoms with Crippen LogP contribution in [-0.2, 0) is 6.42 Å². The molecule has 1 N–H and O–H groups in total. The van der Waals surface area contributed by atoms with Gasteiger partial charge in [0.15, 0.2) is 0 Å². The predicted octanol–water partition coefficient (Wildman–Crippen LogP) is 3.74. The minimum absolute atomic E-state index is 0.100. The second-order valence-electron chi connectivity index (χ2n) is 6.90. The van der Waals surface area contributed by atoms with Gasteiger partial charge in [-0.1, -0.05) is 29.8 Å². The average Bonchev–Trinajstić information content (AvgIpc) is 2.75. The molecule has 3 heterocycles. The molecule has 0 unspecified atom stereocenters. The summed E-state index contributed by atoms with van der Waals surface area (Å²) in [7, 11) is 0. The normalized spacial score (nSPS) is 11.8. The first-order valence-corrected chi connectivity index (χ1v) is 9.40. The van der Waals surface area contributed by atoms with Gasteiger partial charge in [-0.25, -0.2) is 19.9 Å². The molecule has 0 radical (unpaired) electrons. The second-order valence-corrected chi connectivity index (χ2v) is 6.90. The standard InChI is InChI=1S/C22H21N7/c1-15-3-5-17(6-4-15)21-20(18-10-24-14-25-11-18)13-27-22(29-21)28-16(2)9-19-12-23-7-8-26-19/h3-8,10-14,16H,9H2,1-2H3,(H,27,28,29)/t16-/m1/s1. The summed E-state index contributed by atoms with van der Waals surface area (Å²) in [6, 6.07) is 8.39. The molecule has 0 amide bonds. The first kappa shape index (κ1) is 18.6. The smallest absolute Gasteiger partial charge is 0.223 e. The lowest BCUT2D eigenvalue weighted by molar-refractivity contribution is 0.754. The molecule has 0 saturated carbocycles. The number of nitrogens with zero attached hydrogens (tertiary/aromatic N) is 6. The maximum Gasteiger partial charge on any atom is 0.223 e. The fourth-order valence-electron chi connectivity index (χ4n) is 3.05. The van der Waals surface area contributed by atoms with Gasteiger partial charge in [0.25, 0.3) is 0 Å². The van der Waals surface area contributed by atoms with Gasteiger partial charge in [0, 0.05) is 66.3 Å². The molecule has 144 valence electrons. The van der Waals surface area contributed by atoms with Crippen LogP contribution >= 0.6 is 0 Å². The van der Waals surface area contributed by atoms with E-state index >= 15 is 0 Å². The van der Waals surface area contributed by atoms with Crippen LogP contribution in [0.15, 0.2) is 67.8 Å². The molecular formula is C22H21N7. The molecule has 1 aromatic carbocycles. The van der Waals surface area contributed by atoms with Crippen LogP contribution in [0.4, 0.5) is 5.95 Å². The summed E-state index contributed by atoms with van der Waals surface area (Å²) in [5.41, 5.74) is 5.74. The summed E-state index contributed by atoms with van der Waals surface area (Å²) in [5, 5.41) is 3.37. The maximum atomic E-state index is 4.82. The molecule has 0 saturated heterocycles. The molecule has 0 aliphatic carbocycles. The van der Waals surface area contributed by atoms with Gasteiger partial charge in [0.05, 0.1) is 11.4 Å². The Morgan fingerprint density at radius 1 is 0.862 bits per heavy atom. The van der Waals surface area contributed by atoms with Crippen molar-refractivity contribution in [1.29, 1.82) is 0 Å². The van der Waals surface area contributed by atoms with E-state index in [4.69, 9.17) is 4.98 Å². The Morgan fingerprint density at radius 3 is 2.38 bits per heavy atom. The average molecular weight is 383 g/mol. The predicted molar refractivity (Wildman–Crippen MR) is 112 cm³/mol. The van der Waals surface area contributed by atoms with Crippen molar-refractivity contribution in [3.05, 3.63) is 79.0 Å². The highest BCUT2D eigenvalue weighted by atomic mass is 15.1. The Morgan fingerprint density at radius 2 is 1.66 bits per heavy atom. The highest BCUT2D eigenvalue weighted by Gasteiger charge is 2.14. The summed E-state index contributed by atoms with van der Waals surface area (Å²) in [5.74, 6) is 0.567. The SMILES string of the molecule is Cc1ccc(-c2nc(N[C@H](C)Cc3cnccn3)ncc2-c2cncnc2)cc1. The Balaban J connectivity index is 1.66. The maximum absolute atomic E-state index is 4.82. The lowest BCUT2D eigenvalue weighted by Crippen LogP contribution is -2.20. The van der Waals surface area contributed by atoms with Crippen molar-refractivity contribution < 1.29 is 0 Å². The summed E-state index contributed by atoms with van der Waals surface area (Å²) < 4.78 is 0. The lowest BCUT2D eigenvalue weighted by Gasteiger charge is -2.15. The van der Waals surface area contributed by atoms with Crippen molar-refractivity contribution in [2.24, 2.45) is 0 Å². The molecular weight excluding hydrogens is 362 g/mol. The third-order valence-electron chi connectivity index (χ3n) is 4.49. The fraction of sp³-hybridized carbons (Fsp3) is 0.182. The van der Waals surface area contributed by atoms with Crippen LogP contribution in [0.25, 0.3) is 22.4 Å². The molecule has 0 aliphatic heterocycles. The number of aryl methyl sites for hydroxylation is 1. The summed E-state index contributed by atoms with van der Waals surface area (Å²) in [6.07, 6.45) is 12.7. The second kappa shape index (κ2) is 8.52. The first-order chi connectivity index (χ1) is 14.2. The third-order valence-corrected chi connectivity index (χ3v) is 4.49. The summed E-state index contributed by atoms with van der Waals surface area (Å²) >= 11 is 0. The zero-order valence-electron chi connectivity index (χ0n) is 16.3. The highest BCUT2D eigenvalue weighted by molar-refractivity contribution is 5.80. The minimum Gasteiger partial charge on any atom is -0.351 e. The van der Waals surface area contributed by atoms with E-state index < -0.39 is 0 Å². The molecule has 29 heavy (non-hydrogen) atoms. The number of hydrogen-bond acceptors (Lipinski definition) is 7. The topological polar surface area (TPSA) is 89.4 Å². The lowest BCUT2D eigenvalue weighted by atomic mass is 10.0. The van der Waals surface area contributed by atoms with Gasteiger partial charge in [-0.3, -0.25) is 9.97 Å². The van der Waals surface area contributed by atoms with Gasteiger partial charge in [0.1, 0.15) is 6.33 Å². The molecule has 0 spiro atoms. The van der Waals surface area contributed by atoms with Crippen LogP contribution < -0.4 is 5.32 Å². The van der Waals surface area contributed by atoms with Crippen molar-refractivity contribution in [2.75, 3.05) is 5.32 Å². The van der Waals surface area contributed by atoms with Crippen molar-refractivity contribution in [3.63, 3.8) is 0 Å². The van der Waals surface area contributed by atoms with Crippen molar-refractivity contribution in [1.82, 2.24) is 29.9 Å². The highest BCUT2D eigenvalue weighted by Crippen LogP contribution is 2.30. The van der Waals surface area contributed by atoms with Crippen LogP contribution in [0.3, 0.4) is 0 Å². The Labute approximate surface area is 169 Å². The largest absolute Gasteiger partial charge is 0.351 e. The van der Waals surface area contributed by atoms with Gasteiger partial charge >= 0.3 is 0 Å². The zero-order chi connectivity index (χ0) is 20.1. The molecule has 1 atom stereocenters. The van der Waals surface area contributed by atoms with E-state index in [0.717, 1.165) is 34.5 Å². The van der Waals surface area contributed by atoms with E-state index in [9.17, 15) is 0 Å². The Hall–Kier alpha value is -3.74. The molecule has 7 heteroatoms. The Kier molecular flexibility index (Phi) is 5.47. The van der Waals surface area contributed by atoms with Crippen molar-refractivity contribution in [2.45, 2.75) is 26.3 Å². The summed E-state index contributed by atoms with van der Waals surface area (Å²) in [6.45, 7) is 4.14. The molecule has 4 rings (SSSR count). The number of aromatic nitrogens is 6. The fourth-order valence-corrected chi connectivity index (χ4v) is 3.05. The van der Waals surface area contributed by atoms with Crippen LogP contribution in [0.5, 0.6) is 0 Å². The van der Waals surface area contributed by atoms with Crippen molar-refractivity contribution in [3.8, 4) is 22.4 Å². The quantitative estimate of drug-likeness (QED) is 0.542. The van der Waals surface area contributed by atoms with Crippen LogP contribution in [-0.4, -0.2) is 35.9 Å². The van der Waals surface area contributed by atoms with Crippen molar-refractivity contribution >= 4 is 5.95 Å². The number of hydrogen-bond donors (Lipinski definition) is 1. The minimum atomic E-state index is 0.100. The van der Waals surface area contributed by atoms with E-state index in [2.05, 4.69) is 68.3 Å². The molecule has 7 nitrogen and oxygen atoms in total. The van der Waals surface area contributed by atoms with Gasteiger partial charge in [-0.05, 0) is 13.8 Å². The van der Waals surface area contributed by atoms with Crippen LogP contribution in [0.2, 0.25) is 0 Å². The summed E-state index contributed by atoms with van der Waals surface area (Å²) in [4.78, 5) is 26.1. The number of rotatable bonds is 6. The number of benzene rings is 1. The zero-order valence-corrected chi connectivity index (χ0v) is 16.3. The number of nitrogens with one attached hydrogen (secondary N) is 1. The van der Waals surface area contributed by atoms with Gasteiger partial charge < -0.3 is 5.32 Å². The third kappa shape index (κ3) is 4.57. The van der Waals surface area contributed by atoms with E-state index in [1.165, 1.54) is 11.9 Å². The van der Waals surface area contributed by atoms with E-state index in [1.807, 2.05) is 6.20 Å². The van der Waals surface area contributed by atoms with E-state index in [0.29, 0.717) is 5.95 Å². The number of anilines is 1. The van der Waals surface area contributed by atoms with Gasteiger partial charge in [-0.15, -0.1) is 0 Å². The molecule has 0 aliphatic rings. The van der Waals surface area contributed by atoms with Gasteiger partial charge in [0.2, 0.25) is 5.95 Å². The van der Waals surface area contributed by atoms with Crippen LogP contribution in [0, 0.1) is 6.92 Å². The molecule has 4 aromatic rings. The molecule has 0 fully saturated rings. The van der Waals surface area contributed by atoms with E-state index in [-0.39, 0.29) is 6.04 Å². The Bertz CT molecular complexity index is 1070.